The predicted molar refractivity (Wildman–Crippen MR) is 76.7 cm³/mol. The molecule has 2 heterocycles. The van der Waals surface area contributed by atoms with E-state index in [2.05, 4.69) is 16.3 Å². The van der Waals surface area contributed by atoms with E-state index >= 15 is 0 Å². The van der Waals surface area contributed by atoms with Crippen molar-refractivity contribution in [3.05, 3.63) is 10.0 Å². The molecule has 0 radical (unpaired) electrons. The molecule has 1 aliphatic carbocycles. The fourth-order valence-corrected chi connectivity index (χ4v) is 4.06. The summed E-state index contributed by atoms with van der Waals surface area (Å²) in [6, 6.07) is 2.42. The standard InChI is InChI=1S/C14H18N4O2S/c1-8-16-17-11(21-8)14(7-15)9-5-18(6-10(9)14)12(19)20-13(2,3)4/h9-10H,5-6H2,1-4H3/t9-,10+,14?. The van der Waals surface area contributed by atoms with E-state index in [1.54, 1.807) is 4.90 Å². The maximum absolute atomic E-state index is 12.1. The SMILES string of the molecule is Cc1nnc(C2(C#N)[C@@H]3CN(C(=O)OC(C)(C)C)C[C@@H]32)s1. The van der Waals surface area contributed by atoms with Gasteiger partial charge >= 0.3 is 6.09 Å². The highest BCUT2D eigenvalue weighted by Crippen LogP contribution is 2.63. The molecular weight excluding hydrogens is 288 g/mol. The van der Waals surface area contributed by atoms with Gasteiger partial charge in [-0.2, -0.15) is 5.26 Å². The van der Waals surface area contributed by atoms with Gasteiger partial charge in [0.2, 0.25) is 0 Å². The Morgan fingerprint density at radius 1 is 1.43 bits per heavy atom. The van der Waals surface area contributed by atoms with E-state index in [1.807, 2.05) is 27.7 Å². The Labute approximate surface area is 127 Å². The van der Waals surface area contributed by atoms with E-state index in [-0.39, 0.29) is 17.9 Å². The van der Waals surface area contributed by atoms with Crippen molar-refractivity contribution in [2.45, 2.75) is 38.7 Å². The first kappa shape index (κ1) is 14.3. The topological polar surface area (TPSA) is 79.1 Å². The highest BCUT2D eigenvalue weighted by atomic mass is 32.1. The summed E-state index contributed by atoms with van der Waals surface area (Å²) in [6.45, 7) is 8.57. The minimum Gasteiger partial charge on any atom is -0.444 e. The van der Waals surface area contributed by atoms with Crippen molar-refractivity contribution in [1.82, 2.24) is 15.1 Å². The van der Waals surface area contributed by atoms with Crippen LogP contribution in [0.1, 0.15) is 30.8 Å². The molecule has 1 unspecified atom stereocenters. The third kappa shape index (κ3) is 2.18. The first-order valence-corrected chi connectivity index (χ1v) is 7.79. The van der Waals surface area contributed by atoms with Gasteiger partial charge in [0.05, 0.1) is 6.07 Å². The zero-order valence-electron chi connectivity index (χ0n) is 12.6. The van der Waals surface area contributed by atoms with Crippen molar-refractivity contribution in [3.8, 4) is 6.07 Å². The number of ether oxygens (including phenoxy) is 1. The summed E-state index contributed by atoms with van der Waals surface area (Å²) in [4.78, 5) is 13.8. The van der Waals surface area contributed by atoms with Crippen molar-refractivity contribution in [3.63, 3.8) is 0 Å². The molecular formula is C14H18N4O2S. The molecule has 0 bridgehead atoms. The van der Waals surface area contributed by atoms with Crippen molar-refractivity contribution in [2.75, 3.05) is 13.1 Å². The smallest absolute Gasteiger partial charge is 0.410 e. The van der Waals surface area contributed by atoms with Crippen LogP contribution in [0.2, 0.25) is 0 Å². The van der Waals surface area contributed by atoms with Crippen molar-refractivity contribution in [2.24, 2.45) is 11.8 Å². The van der Waals surface area contributed by atoms with Crippen LogP contribution in [-0.2, 0) is 10.2 Å². The Morgan fingerprint density at radius 2 is 2.05 bits per heavy atom. The summed E-state index contributed by atoms with van der Waals surface area (Å²) < 4.78 is 5.38. The number of fused-ring (bicyclic) bond motifs is 1. The number of amides is 1. The summed E-state index contributed by atoms with van der Waals surface area (Å²) >= 11 is 1.48. The summed E-state index contributed by atoms with van der Waals surface area (Å²) in [7, 11) is 0. The zero-order valence-corrected chi connectivity index (χ0v) is 13.4. The molecule has 6 nitrogen and oxygen atoms in total. The number of hydrogen-bond acceptors (Lipinski definition) is 6. The number of carbonyl (C=O) groups is 1. The fraction of sp³-hybridized carbons (Fsp3) is 0.714. The van der Waals surface area contributed by atoms with Gasteiger partial charge in [-0.05, 0) is 27.7 Å². The van der Waals surface area contributed by atoms with Gasteiger partial charge < -0.3 is 9.64 Å². The quantitative estimate of drug-likeness (QED) is 0.794. The second kappa shape index (κ2) is 4.41. The average molecular weight is 306 g/mol. The van der Waals surface area contributed by atoms with Crippen LogP contribution in [0.4, 0.5) is 4.79 Å². The van der Waals surface area contributed by atoms with Crippen LogP contribution in [0.5, 0.6) is 0 Å². The van der Waals surface area contributed by atoms with Gasteiger partial charge in [0.15, 0.2) is 0 Å². The first-order chi connectivity index (χ1) is 9.78. The summed E-state index contributed by atoms with van der Waals surface area (Å²) in [6.07, 6.45) is -0.296. The van der Waals surface area contributed by atoms with Crippen LogP contribution in [0.25, 0.3) is 0 Å². The van der Waals surface area contributed by atoms with E-state index in [9.17, 15) is 10.1 Å². The lowest BCUT2D eigenvalue weighted by Gasteiger charge is -2.26. The largest absolute Gasteiger partial charge is 0.444 e. The van der Waals surface area contributed by atoms with Gasteiger partial charge in [-0.25, -0.2) is 4.79 Å². The molecule has 7 heteroatoms. The molecule has 3 rings (SSSR count). The van der Waals surface area contributed by atoms with E-state index in [0.29, 0.717) is 13.1 Å². The van der Waals surface area contributed by atoms with Crippen molar-refractivity contribution in [1.29, 1.82) is 5.26 Å². The minimum absolute atomic E-state index is 0.155. The third-order valence-electron chi connectivity index (χ3n) is 4.10. The molecule has 3 atom stereocenters. The van der Waals surface area contributed by atoms with Crippen LogP contribution < -0.4 is 0 Å². The van der Waals surface area contributed by atoms with E-state index in [1.165, 1.54) is 11.3 Å². The molecule has 1 amide bonds. The number of likely N-dealkylation sites (tertiary alicyclic amines) is 1. The van der Waals surface area contributed by atoms with Crippen LogP contribution >= 0.6 is 11.3 Å². The maximum Gasteiger partial charge on any atom is 0.410 e. The molecule has 1 aliphatic heterocycles. The molecule has 1 aromatic heterocycles. The van der Waals surface area contributed by atoms with Crippen molar-refractivity contribution < 1.29 is 9.53 Å². The van der Waals surface area contributed by atoms with E-state index in [4.69, 9.17) is 4.74 Å². The number of nitriles is 1. The Hall–Kier alpha value is -1.68. The van der Waals surface area contributed by atoms with Gasteiger partial charge in [-0.1, -0.05) is 0 Å². The Morgan fingerprint density at radius 3 is 2.48 bits per heavy atom. The van der Waals surface area contributed by atoms with Crippen LogP contribution in [0.3, 0.4) is 0 Å². The molecule has 2 aliphatic rings. The van der Waals surface area contributed by atoms with Crippen LogP contribution in [0.15, 0.2) is 0 Å². The second-order valence-corrected chi connectivity index (χ2v) is 7.89. The molecule has 0 spiro atoms. The molecule has 2 fully saturated rings. The van der Waals surface area contributed by atoms with Gasteiger partial charge in [0.1, 0.15) is 21.0 Å². The van der Waals surface area contributed by atoms with Crippen LogP contribution in [-0.4, -0.2) is 39.9 Å². The summed E-state index contributed by atoms with van der Waals surface area (Å²) in [5.74, 6) is 0.310. The Kier molecular flexibility index (Phi) is 2.99. The molecule has 1 saturated carbocycles. The number of aryl methyl sites for hydroxylation is 1. The number of aromatic nitrogens is 2. The fourth-order valence-electron chi connectivity index (χ4n) is 3.10. The molecule has 112 valence electrons. The molecule has 0 aromatic carbocycles. The maximum atomic E-state index is 12.1. The van der Waals surface area contributed by atoms with Crippen LogP contribution in [0, 0.1) is 30.1 Å². The zero-order chi connectivity index (χ0) is 15.4. The summed E-state index contributed by atoms with van der Waals surface area (Å²) in [5.41, 5.74) is -1.03. The molecule has 1 saturated heterocycles. The summed E-state index contributed by atoms with van der Waals surface area (Å²) in [5, 5.41) is 19.4. The number of nitrogens with zero attached hydrogens (tertiary/aromatic N) is 4. The first-order valence-electron chi connectivity index (χ1n) is 6.97. The lowest BCUT2D eigenvalue weighted by atomic mass is 10.0. The minimum atomic E-state index is -0.537. The highest BCUT2D eigenvalue weighted by molar-refractivity contribution is 7.11. The highest BCUT2D eigenvalue weighted by Gasteiger charge is 2.72. The van der Waals surface area contributed by atoms with Gasteiger partial charge in [-0.3, -0.25) is 0 Å². The van der Waals surface area contributed by atoms with Gasteiger partial charge in [0, 0.05) is 24.9 Å². The number of carbonyl (C=O) groups excluding carboxylic acids is 1. The lowest BCUT2D eigenvalue weighted by molar-refractivity contribution is 0.0266. The average Bonchev–Trinajstić information content (AvgIpc) is 2.75. The molecule has 0 N–H and O–H groups in total. The third-order valence-corrected chi connectivity index (χ3v) is 5.09. The van der Waals surface area contributed by atoms with Gasteiger partial charge in [0.25, 0.3) is 0 Å². The van der Waals surface area contributed by atoms with Crippen molar-refractivity contribution >= 4 is 17.4 Å². The Balaban J connectivity index is 1.71. The molecule has 21 heavy (non-hydrogen) atoms. The normalized spacial score (nSPS) is 30.7. The molecule has 1 aromatic rings. The lowest BCUT2D eigenvalue weighted by Crippen LogP contribution is -2.38. The number of rotatable bonds is 1. The number of hydrogen-bond donors (Lipinski definition) is 0. The van der Waals surface area contributed by atoms with E-state index < -0.39 is 11.0 Å². The van der Waals surface area contributed by atoms with Gasteiger partial charge in [-0.15, -0.1) is 21.5 Å². The monoisotopic (exact) mass is 306 g/mol. The Bertz CT molecular complexity index is 616. The van der Waals surface area contributed by atoms with E-state index in [0.717, 1.165) is 10.0 Å². The second-order valence-electron chi connectivity index (χ2n) is 6.71. The number of piperidine rings is 1. The predicted octanol–water partition coefficient (Wildman–Crippen LogP) is 2.10.